The molecule has 3 heterocycles. The number of aryl methyl sites for hydroxylation is 1. The first-order valence-corrected chi connectivity index (χ1v) is 10.0. The van der Waals surface area contributed by atoms with E-state index in [2.05, 4.69) is 17.2 Å². The third-order valence-corrected chi connectivity index (χ3v) is 6.30. The molecule has 0 spiro atoms. The summed E-state index contributed by atoms with van der Waals surface area (Å²) in [6.45, 7) is 3.38. The quantitative estimate of drug-likeness (QED) is 0.895. The minimum Gasteiger partial charge on any atom is -0.472 e. The summed E-state index contributed by atoms with van der Waals surface area (Å²) in [5.41, 5.74) is 1.68. The number of rotatable bonds is 3. The molecular formula is C19H23N3O3S. The first-order valence-electron chi connectivity index (χ1n) is 9.21. The Kier molecular flexibility index (Phi) is 4.80. The normalized spacial score (nSPS) is 22.7. The van der Waals surface area contributed by atoms with E-state index in [-0.39, 0.29) is 17.7 Å². The van der Waals surface area contributed by atoms with Gasteiger partial charge in [-0.05, 0) is 44.1 Å². The lowest BCUT2D eigenvalue weighted by atomic mass is 9.93. The van der Waals surface area contributed by atoms with Crippen molar-refractivity contribution in [3.8, 4) is 0 Å². The van der Waals surface area contributed by atoms with E-state index in [1.807, 2.05) is 0 Å². The third-order valence-electron chi connectivity index (χ3n) is 5.26. The number of hydrogen-bond donors (Lipinski definition) is 1. The van der Waals surface area contributed by atoms with Gasteiger partial charge in [0, 0.05) is 18.0 Å². The first kappa shape index (κ1) is 17.3. The van der Waals surface area contributed by atoms with Crippen molar-refractivity contribution >= 4 is 28.3 Å². The molecule has 138 valence electrons. The number of nitrogens with one attached hydrogen (secondary N) is 1. The van der Waals surface area contributed by atoms with Crippen molar-refractivity contribution in [1.29, 1.82) is 0 Å². The SMILES string of the molecule is C[C@H]1CCc2nc(NC(=O)[C@H]3CCCN(C(=O)c4ccoc4)C3)sc2C1. The van der Waals surface area contributed by atoms with Crippen LogP contribution in [0.15, 0.2) is 23.0 Å². The first-order chi connectivity index (χ1) is 12.6. The summed E-state index contributed by atoms with van der Waals surface area (Å²) >= 11 is 1.60. The van der Waals surface area contributed by atoms with Gasteiger partial charge in [0.15, 0.2) is 5.13 Å². The fraction of sp³-hybridized carbons (Fsp3) is 0.526. The van der Waals surface area contributed by atoms with E-state index >= 15 is 0 Å². The van der Waals surface area contributed by atoms with Crippen LogP contribution in [0.4, 0.5) is 5.13 Å². The van der Waals surface area contributed by atoms with Gasteiger partial charge in [0.25, 0.3) is 5.91 Å². The van der Waals surface area contributed by atoms with Crippen LogP contribution in [0.1, 0.15) is 47.1 Å². The molecule has 2 aromatic rings. The molecule has 1 fully saturated rings. The van der Waals surface area contributed by atoms with Crippen LogP contribution in [0.5, 0.6) is 0 Å². The number of carbonyl (C=O) groups excluding carboxylic acids is 2. The molecule has 0 radical (unpaired) electrons. The van der Waals surface area contributed by atoms with Gasteiger partial charge < -0.3 is 14.6 Å². The minimum absolute atomic E-state index is 0.0335. The molecule has 7 heteroatoms. The highest BCUT2D eigenvalue weighted by Crippen LogP contribution is 2.32. The average Bonchev–Trinajstić information content (AvgIpc) is 3.30. The van der Waals surface area contributed by atoms with E-state index in [4.69, 9.17) is 4.42 Å². The van der Waals surface area contributed by atoms with Gasteiger partial charge in [-0.25, -0.2) is 4.98 Å². The second-order valence-electron chi connectivity index (χ2n) is 7.33. The summed E-state index contributed by atoms with van der Waals surface area (Å²) in [5.74, 6) is 0.385. The monoisotopic (exact) mass is 373 g/mol. The second kappa shape index (κ2) is 7.23. The molecule has 0 aromatic carbocycles. The maximum absolute atomic E-state index is 12.7. The van der Waals surface area contributed by atoms with Crippen LogP contribution in [-0.2, 0) is 17.6 Å². The Morgan fingerprint density at radius 1 is 1.38 bits per heavy atom. The molecule has 1 N–H and O–H groups in total. The lowest BCUT2D eigenvalue weighted by Gasteiger charge is -2.31. The van der Waals surface area contributed by atoms with Crippen LogP contribution >= 0.6 is 11.3 Å². The van der Waals surface area contributed by atoms with Crippen molar-refractivity contribution < 1.29 is 14.0 Å². The van der Waals surface area contributed by atoms with Gasteiger partial charge in [-0.2, -0.15) is 0 Å². The average molecular weight is 373 g/mol. The summed E-state index contributed by atoms with van der Waals surface area (Å²) in [6.07, 6.45) is 7.78. The standard InChI is InChI=1S/C19H23N3O3S/c1-12-4-5-15-16(9-12)26-19(20-15)21-17(23)13-3-2-7-22(10-13)18(24)14-6-8-25-11-14/h6,8,11-13H,2-5,7,9-10H2,1H3,(H,20,21,23)/t12-,13-/m0/s1. The zero-order valence-electron chi connectivity index (χ0n) is 14.9. The van der Waals surface area contributed by atoms with Crippen molar-refractivity contribution in [3.63, 3.8) is 0 Å². The van der Waals surface area contributed by atoms with Gasteiger partial charge in [-0.1, -0.05) is 6.92 Å². The van der Waals surface area contributed by atoms with E-state index in [0.717, 1.165) is 37.8 Å². The number of nitrogens with zero attached hydrogens (tertiary/aromatic N) is 2. The summed E-state index contributed by atoms with van der Waals surface area (Å²) < 4.78 is 4.99. The van der Waals surface area contributed by atoms with Crippen molar-refractivity contribution in [2.45, 2.75) is 39.0 Å². The van der Waals surface area contributed by atoms with Gasteiger partial charge in [0.05, 0.1) is 23.4 Å². The highest BCUT2D eigenvalue weighted by atomic mass is 32.1. The molecule has 2 aliphatic rings. The van der Waals surface area contributed by atoms with E-state index in [1.165, 1.54) is 17.4 Å². The summed E-state index contributed by atoms with van der Waals surface area (Å²) in [4.78, 5) is 32.8. The molecular weight excluding hydrogens is 350 g/mol. The lowest BCUT2D eigenvalue weighted by Crippen LogP contribution is -2.43. The minimum atomic E-state index is -0.195. The van der Waals surface area contributed by atoms with Crippen LogP contribution in [0, 0.1) is 11.8 Å². The lowest BCUT2D eigenvalue weighted by molar-refractivity contribution is -0.121. The van der Waals surface area contributed by atoms with E-state index in [0.29, 0.717) is 29.7 Å². The molecule has 0 saturated carbocycles. The largest absolute Gasteiger partial charge is 0.472 e. The Bertz CT molecular complexity index is 799. The number of carbonyl (C=O) groups is 2. The van der Waals surface area contributed by atoms with Gasteiger partial charge in [0.2, 0.25) is 5.91 Å². The molecule has 2 atom stereocenters. The number of piperidine rings is 1. The van der Waals surface area contributed by atoms with E-state index < -0.39 is 0 Å². The number of likely N-dealkylation sites (tertiary alicyclic amines) is 1. The summed E-state index contributed by atoms with van der Waals surface area (Å²) in [5, 5.41) is 3.69. The van der Waals surface area contributed by atoms with Gasteiger partial charge >= 0.3 is 0 Å². The molecule has 4 rings (SSSR count). The number of furan rings is 1. The van der Waals surface area contributed by atoms with Crippen molar-refractivity contribution in [2.24, 2.45) is 11.8 Å². The molecule has 2 amide bonds. The predicted octanol–water partition coefficient (Wildman–Crippen LogP) is 3.35. The predicted molar refractivity (Wildman–Crippen MR) is 99.3 cm³/mol. The van der Waals surface area contributed by atoms with Crippen molar-refractivity contribution in [3.05, 3.63) is 34.7 Å². The number of anilines is 1. The highest BCUT2D eigenvalue weighted by Gasteiger charge is 2.30. The van der Waals surface area contributed by atoms with Crippen LogP contribution in [0.25, 0.3) is 0 Å². The fourth-order valence-electron chi connectivity index (χ4n) is 3.75. The van der Waals surface area contributed by atoms with Crippen LogP contribution < -0.4 is 5.32 Å². The maximum Gasteiger partial charge on any atom is 0.257 e. The Morgan fingerprint density at radius 2 is 2.27 bits per heavy atom. The van der Waals surface area contributed by atoms with Crippen LogP contribution in [0.3, 0.4) is 0 Å². The highest BCUT2D eigenvalue weighted by molar-refractivity contribution is 7.15. The summed E-state index contributed by atoms with van der Waals surface area (Å²) in [7, 11) is 0. The second-order valence-corrected chi connectivity index (χ2v) is 8.41. The molecule has 1 aliphatic carbocycles. The molecule has 1 saturated heterocycles. The Labute approximate surface area is 156 Å². The molecule has 6 nitrogen and oxygen atoms in total. The molecule has 26 heavy (non-hydrogen) atoms. The van der Waals surface area contributed by atoms with Crippen LogP contribution in [-0.4, -0.2) is 34.8 Å². The Hall–Kier alpha value is -2.15. The summed E-state index contributed by atoms with van der Waals surface area (Å²) in [6, 6.07) is 1.66. The topological polar surface area (TPSA) is 75.4 Å². The maximum atomic E-state index is 12.7. The molecule has 0 unspecified atom stereocenters. The fourth-order valence-corrected chi connectivity index (χ4v) is 4.92. The van der Waals surface area contributed by atoms with Gasteiger partial charge in [0.1, 0.15) is 6.26 Å². The van der Waals surface area contributed by atoms with Gasteiger partial charge in [-0.15, -0.1) is 11.3 Å². The third kappa shape index (κ3) is 3.53. The van der Waals surface area contributed by atoms with Crippen molar-refractivity contribution in [2.75, 3.05) is 18.4 Å². The number of fused-ring (bicyclic) bond motifs is 1. The Balaban J connectivity index is 1.39. The molecule has 2 aromatic heterocycles. The van der Waals surface area contributed by atoms with Gasteiger partial charge in [-0.3, -0.25) is 9.59 Å². The van der Waals surface area contributed by atoms with Crippen LogP contribution in [0.2, 0.25) is 0 Å². The molecule has 1 aliphatic heterocycles. The van der Waals surface area contributed by atoms with E-state index in [1.54, 1.807) is 22.3 Å². The zero-order valence-corrected chi connectivity index (χ0v) is 15.7. The van der Waals surface area contributed by atoms with Crippen molar-refractivity contribution in [1.82, 2.24) is 9.88 Å². The number of hydrogen-bond acceptors (Lipinski definition) is 5. The zero-order chi connectivity index (χ0) is 18.1. The number of aromatic nitrogens is 1. The number of amides is 2. The number of thiazole rings is 1. The van der Waals surface area contributed by atoms with E-state index in [9.17, 15) is 9.59 Å². The Morgan fingerprint density at radius 3 is 3.08 bits per heavy atom. The smallest absolute Gasteiger partial charge is 0.257 e. The molecule has 0 bridgehead atoms.